The Labute approximate surface area is 196 Å². The second kappa shape index (κ2) is 9.98. The number of likely N-dealkylation sites (tertiary alicyclic amines) is 1. The van der Waals surface area contributed by atoms with Crippen LogP contribution in [0.15, 0.2) is 24.3 Å². The molecular weight excluding hydrogens is 428 g/mol. The maximum atomic E-state index is 13.2. The van der Waals surface area contributed by atoms with Crippen LogP contribution in [0.4, 0.5) is 10.5 Å². The van der Waals surface area contributed by atoms with E-state index >= 15 is 0 Å². The zero-order valence-electron chi connectivity index (χ0n) is 19.2. The first-order valence-corrected chi connectivity index (χ1v) is 12.1. The number of carbonyl (C=O) groups excluding carboxylic acids is 2. The fourth-order valence-corrected chi connectivity index (χ4v) is 5.27. The van der Waals surface area contributed by atoms with Gasteiger partial charge in [0, 0.05) is 37.5 Å². The molecule has 32 heavy (non-hydrogen) atoms. The number of piperazine rings is 1. The molecule has 1 spiro atoms. The molecule has 1 aliphatic carbocycles. The number of anilines is 1. The second-order valence-electron chi connectivity index (χ2n) is 9.58. The molecule has 7 nitrogen and oxygen atoms in total. The number of piperidine rings is 1. The number of benzene rings is 1. The first kappa shape index (κ1) is 23.3. The lowest BCUT2D eigenvalue weighted by atomic mass is 9.93. The smallest absolute Gasteiger partial charge is 0.322 e. The molecule has 3 amide bonds. The Kier molecular flexibility index (Phi) is 7.27. The molecule has 2 heterocycles. The van der Waals surface area contributed by atoms with Gasteiger partial charge in [0.2, 0.25) is 5.91 Å². The van der Waals surface area contributed by atoms with Gasteiger partial charge in [-0.3, -0.25) is 4.79 Å². The number of methoxy groups -OCH3 is 1. The highest BCUT2D eigenvalue weighted by Crippen LogP contribution is 2.53. The number of hydrogen-bond acceptors (Lipinski definition) is 4. The largest absolute Gasteiger partial charge is 0.383 e. The molecule has 1 N–H and O–H groups in total. The molecule has 0 bridgehead atoms. The highest BCUT2D eigenvalue weighted by atomic mass is 35.5. The summed E-state index contributed by atoms with van der Waals surface area (Å²) in [7, 11) is 1.69. The summed E-state index contributed by atoms with van der Waals surface area (Å²) in [6.45, 7) is 6.65. The maximum Gasteiger partial charge on any atom is 0.322 e. The number of nitrogens with zero attached hydrogens (tertiary/aromatic N) is 3. The summed E-state index contributed by atoms with van der Waals surface area (Å²) >= 11 is 6.01. The van der Waals surface area contributed by atoms with E-state index in [9.17, 15) is 9.59 Å². The average molecular weight is 463 g/mol. The Hall–Kier alpha value is -1.83. The van der Waals surface area contributed by atoms with E-state index in [0.29, 0.717) is 35.8 Å². The van der Waals surface area contributed by atoms with Crippen LogP contribution >= 0.6 is 11.6 Å². The van der Waals surface area contributed by atoms with Crippen LogP contribution in [0, 0.1) is 5.41 Å². The van der Waals surface area contributed by atoms with Crippen LogP contribution in [0.3, 0.4) is 0 Å². The summed E-state index contributed by atoms with van der Waals surface area (Å²) in [5, 5.41) is 3.41. The van der Waals surface area contributed by atoms with Crippen LogP contribution in [-0.2, 0) is 9.53 Å². The molecule has 1 aromatic carbocycles. The lowest BCUT2D eigenvalue weighted by molar-refractivity contribution is -0.143. The van der Waals surface area contributed by atoms with Crippen molar-refractivity contribution in [3.63, 3.8) is 0 Å². The Balaban J connectivity index is 1.31. The quantitative estimate of drug-likeness (QED) is 0.671. The molecule has 4 rings (SSSR count). The maximum absolute atomic E-state index is 13.2. The minimum Gasteiger partial charge on any atom is -0.383 e. The standard InChI is InChI=1S/C24H35ClN4O3/c1-18-22(30)29(15-14-28(18)23(31)26-20-5-3-4-19(25)16-20)21(17-32-2)6-11-27-12-9-24(7-8-24)10-13-27/h3-5,16,18,21H,6-15,17H2,1-2H3,(H,26,31)/t18-,21-/m0/s1. The predicted octanol–water partition coefficient (Wildman–Crippen LogP) is 3.69. The first-order chi connectivity index (χ1) is 15.4. The Morgan fingerprint density at radius 1 is 1.22 bits per heavy atom. The average Bonchev–Trinajstić information content (AvgIpc) is 3.53. The summed E-state index contributed by atoms with van der Waals surface area (Å²) in [5.74, 6) is -0.0184. The van der Waals surface area contributed by atoms with Gasteiger partial charge in [-0.1, -0.05) is 17.7 Å². The molecule has 2 saturated heterocycles. The van der Waals surface area contributed by atoms with Crippen LogP contribution in [0.2, 0.25) is 5.02 Å². The van der Waals surface area contributed by atoms with Gasteiger partial charge in [0.25, 0.3) is 0 Å². The van der Waals surface area contributed by atoms with E-state index in [1.807, 2.05) is 4.90 Å². The van der Waals surface area contributed by atoms with Gasteiger partial charge in [-0.05, 0) is 75.7 Å². The van der Waals surface area contributed by atoms with E-state index in [-0.39, 0.29) is 18.0 Å². The van der Waals surface area contributed by atoms with Crippen LogP contribution in [0.5, 0.6) is 0 Å². The molecule has 0 radical (unpaired) electrons. The molecule has 3 aliphatic rings. The topological polar surface area (TPSA) is 65.1 Å². The number of carbonyl (C=O) groups is 2. The number of rotatable bonds is 7. The fourth-order valence-electron chi connectivity index (χ4n) is 5.07. The van der Waals surface area contributed by atoms with Crippen molar-refractivity contribution in [2.75, 3.05) is 51.8 Å². The van der Waals surface area contributed by atoms with Crippen molar-refractivity contribution in [1.82, 2.24) is 14.7 Å². The molecular formula is C24H35ClN4O3. The highest BCUT2D eigenvalue weighted by Gasteiger charge is 2.44. The summed E-state index contributed by atoms with van der Waals surface area (Å²) in [6, 6.07) is 6.25. The number of hydrogen-bond donors (Lipinski definition) is 1. The molecule has 2 atom stereocenters. The molecule has 176 valence electrons. The molecule has 8 heteroatoms. The number of ether oxygens (including phenoxy) is 1. The lowest BCUT2D eigenvalue weighted by Gasteiger charge is -2.43. The van der Waals surface area contributed by atoms with Gasteiger partial charge in [-0.25, -0.2) is 4.79 Å². The Morgan fingerprint density at radius 3 is 2.62 bits per heavy atom. The van der Waals surface area contributed by atoms with Crippen LogP contribution in [0.25, 0.3) is 0 Å². The Bertz CT molecular complexity index is 821. The molecule has 3 fully saturated rings. The van der Waals surface area contributed by atoms with Crippen molar-refractivity contribution in [2.24, 2.45) is 5.41 Å². The van der Waals surface area contributed by atoms with E-state index in [2.05, 4.69) is 10.2 Å². The van der Waals surface area contributed by atoms with Crippen molar-refractivity contribution < 1.29 is 14.3 Å². The number of nitrogens with one attached hydrogen (secondary N) is 1. The van der Waals surface area contributed by atoms with Gasteiger partial charge in [-0.2, -0.15) is 0 Å². The van der Waals surface area contributed by atoms with Gasteiger partial charge in [0.05, 0.1) is 12.6 Å². The van der Waals surface area contributed by atoms with E-state index in [4.69, 9.17) is 16.3 Å². The minimum absolute atomic E-state index is 0.0184. The lowest BCUT2D eigenvalue weighted by Crippen LogP contribution is -2.61. The third kappa shape index (κ3) is 5.38. The van der Waals surface area contributed by atoms with Crippen LogP contribution in [0.1, 0.15) is 39.0 Å². The van der Waals surface area contributed by atoms with E-state index in [1.54, 1.807) is 43.2 Å². The van der Waals surface area contributed by atoms with Gasteiger partial charge >= 0.3 is 6.03 Å². The first-order valence-electron chi connectivity index (χ1n) is 11.8. The highest BCUT2D eigenvalue weighted by molar-refractivity contribution is 6.30. The number of halogens is 1. The van der Waals surface area contributed by atoms with Crippen molar-refractivity contribution in [1.29, 1.82) is 0 Å². The Morgan fingerprint density at radius 2 is 1.97 bits per heavy atom. The van der Waals surface area contributed by atoms with Crippen molar-refractivity contribution >= 4 is 29.2 Å². The normalized spacial score (nSPS) is 24.0. The fraction of sp³-hybridized carbons (Fsp3) is 0.667. The van der Waals surface area contributed by atoms with Crippen molar-refractivity contribution in [3.05, 3.63) is 29.3 Å². The summed E-state index contributed by atoms with van der Waals surface area (Å²) < 4.78 is 5.47. The molecule has 0 aromatic heterocycles. The van der Waals surface area contributed by atoms with E-state index in [1.165, 1.54) is 38.8 Å². The molecule has 1 saturated carbocycles. The SMILES string of the molecule is COC[C@H](CCN1CCC2(CC1)CC2)N1CCN(C(=O)Nc2cccc(Cl)c2)[C@@H](C)C1=O. The number of amides is 3. The second-order valence-corrected chi connectivity index (χ2v) is 10.0. The zero-order valence-corrected chi connectivity index (χ0v) is 19.9. The van der Waals surface area contributed by atoms with E-state index in [0.717, 1.165) is 13.0 Å². The summed E-state index contributed by atoms with van der Waals surface area (Å²) in [6.07, 6.45) is 6.36. The minimum atomic E-state index is -0.521. The van der Waals surface area contributed by atoms with Crippen molar-refractivity contribution in [3.8, 4) is 0 Å². The summed E-state index contributed by atoms with van der Waals surface area (Å²) in [5.41, 5.74) is 1.30. The molecule has 0 unspecified atom stereocenters. The van der Waals surface area contributed by atoms with Gasteiger partial charge in [0.15, 0.2) is 0 Å². The predicted molar refractivity (Wildman–Crippen MR) is 126 cm³/mol. The van der Waals surface area contributed by atoms with Crippen LogP contribution < -0.4 is 5.32 Å². The molecule has 2 aliphatic heterocycles. The van der Waals surface area contributed by atoms with Gasteiger partial charge < -0.3 is 24.8 Å². The zero-order chi connectivity index (χ0) is 22.7. The van der Waals surface area contributed by atoms with E-state index < -0.39 is 6.04 Å². The third-order valence-electron chi connectivity index (χ3n) is 7.48. The molecule has 1 aromatic rings. The monoisotopic (exact) mass is 462 g/mol. The number of urea groups is 1. The van der Waals surface area contributed by atoms with Crippen LogP contribution in [-0.4, -0.2) is 85.2 Å². The summed E-state index contributed by atoms with van der Waals surface area (Å²) in [4.78, 5) is 32.1. The van der Waals surface area contributed by atoms with Crippen molar-refractivity contribution in [2.45, 2.75) is 51.1 Å². The van der Waals surface area contributed by atoms with Gasteiger partial charge in [-0.15, -0.1) is 0 Å². The van der Waals surface area contributed by atoms with Gasteiger partial charge in [0.1, 0.15) is 6.04 Å². The third-order valence-corrected chi connectivity index (χ3v) is 7.71.